The van der Waals surface area contributed by atoms with E-state index in [2.05, 4.69) is 16.0 Å². The highest BCUT2D eigenvalue weighted by Gasteiger charge is 2.30. The maximum Gasteiger partial charge on any atom is 0.408 e. The summed E-state index contributed by atoms with van der Waals surface area (Å²) in [6.45, 7) is 9.67. The average Bonchev–Trinajstić information content (AvgIpc) is 2.76. The fourth-order valence-corrected chi connectivity index (χ4v) is 3.43. The molecule has 0 spiro atoms. The predicted molar refractivity (Wildman–Crippen MR) is 130 cm³/mol. The standard InChI is InChI=1S/C25H40N4O5/c1-6-10-19(22(26)30)27-23(31)20(13-16(2)3)28-24(32)21(14-17(4)5)29-25(33)34-15-18-11-8-7-9-12-18/h7-9,11-12,16-17,19-21H,6,10,13-15H2,1-5H3,(H2,26,30)(H,27,31)(H,28,32)(H,29,33)/t19-,20-,21-/m0/s1. The van der Waals surface area contributed by atoms with Crippen molar-refractivity contribution in [3.8, 4) is 0 Å². The van der Waals surface area contributed by atoms with Gasteiger partial charge in [-0.05, 0) is 36.7 Å². The first kappa shape index (κ1) is 28.9. The van der Waals surface area contributed by atoms with Crippen molar-refractivity contribution >= 4 is 23.8 Å². The third-order valence-electron chi connectivity index (χ3n) is 5.11. The molecule has 0 fully saturated rings. The normalized spacial score (nSPS) is 13.6. The lowest BCUT2D eigenvalue weighted by Crippen LogP contribution is -2.56. The van der Waals surface area contributed by atoms with Gasteiger partial charge in [-0.15, -0.1) is 0 Å². The molecule has 1 aromatic carbocycles. The number of nitrogens with two attached hydrogens (primary N) is 1. The summed E-state index contributed by atoms with van der Waals surface area (Å²) < 4.78 is 5.25. The van der Waals surface area contributed by atoms with Crippen LogP contribution in [0.15, 0.2) is 30.3 Å². The molecular formula is C25H40N4O5. The summed E-state index contributed by atoms with van der Waals surface area (Å²) in [5.74, 6) is -1.38. The van der Waals surface area contributed by atoms with Crippen LogP contribution in [0.5, 0.6) is 0 Å². The highest BCUT2D eigenvalue weighted by atomic mass is 16.5. The van der Waals surface area contributed by atoms with Crippen LogP contribution in [0.2, 0.25) is 0 Å². The Kier molecular flexibility index (Phi) is 12.7. The molecule has 5 N–H and O–H groups in total. The largest absolute Gasteiger partial charge is 0.445 e. The number of primary amides is 1. The lowest BCUT2D eigenvalue weighted by Gasteiger charge is -2.26. The van der Waals surface area contributed by atoms with E-state index in [0.717, 1.165) is 5.56 Å². The third kappa shape index (κ3) is 11.2. The van der Waals surface area contributed by atoms with Crippen LogP contribution in [-0.4, -0.2) is 41.9 Å². The summed E-state index contributed by atoms with van der Waals surface area (Å²) in [5.41, 5.74) is 6.23. The Hall–Kier alpha value is -3.10. The zero-order valence-electron chi connectivity index (χ0n) is 20.9. The minimum absolute atomic E-state index is 0.0764. The molecule has 0 saturated heterocycles. The van der Waals surface area contributed by atoms with E-state index >= 15 is 0 Å². The Morgan fingerprint density at radius 2 is 1.32 bits per heavy atom. The van der Waals surface area contributed by atoms with Crippen LogP contribution in [0.25, 0.3) is 0 Å². The molecule has 4 amide bonds. The van der Waals surface area contributed by atoms with Crippen molar-refractivity contribution in [2.75, 3.05) is 0 Å². The Labute approximate surface area is 202 Å². The van der Waals surface area contributed by atoms with Crippen LogP contribution in [0, 0.1) is 11.8 Å². The molecule has 1 rings (SSSR count). The van der Waals surface area contributed by atoms with Gasteiger partial charge in [0.05, 0.1) is 0 Å². The van der Waals surface area contributed by atoms with E-state index in [1.807, 2.05) is 65.0 Å². The van der Waals surface area contributed by atoms with E-state index in [1.54, 1.807) is 0 Å². The predicted octanol–water partition coefficient (Wildman–Crippen LogP) is 2.63. The molecule has 3 atom stereocenters. The van der Waals surface area contributed by atoms with Crippen molar-refractivity contribution in [2.45, 2.75) is 85.0 Å². The minimum Gasteiger partial charge on any atom is -0.445 e. The number of ether oxygens (including phenoxy) is 1. The highest BCUT2D eigenvalue weighted by Crippen LogP contribution is 2.10. The molecule has 190 valence electrons. The molecule has 1 aromatic rings. The lowest BCUT2D eigenvalue weighted by molar-refractivity contribution is -0.132. The molecule has 0 bridgehead atoms. The molecule has 0 aliphatic rings. The fourth-order valence-electron chi connectivity index (χ4n) is 3.43. The maximum atomic E-state index is 13.1. The van der Waals surface area contributed by atoms with Crippen molar-refractivity contribution < 1.29 is 23.9 Å². The molecule has 9 heteroatoms. The lowest BCUT2D eigenvalue weighted by atomic mass is 9.99. The van der Waals surface area contributed by atoms with Crippen LogP contribution in [0.1, 0.15) is 65.9 Å². The zero-order valence-corrected chi connectivity index (χ0v) is 20.9. The van der Waals surface area contributed by atoms with Gasteiger partial charge in [0.1, 0.15) is 24.7 Å². The van der Waals surface area contributed by atoms with Crippen LogP contribution >= 0.6 is 0 Å². The first-order valence-corrected chi connectivity index (χ1v) is 11.9. The molecule has 0 saturated carbocycles. The van der Waals surface area contributed by atoms with Gasteiger partial charge in [0.2, 0.25) is 17.7 Å². The van der Waals surface area contributed by atoms with Gasteiger partial charge in [0.15, 0.2) is 0 Å². The second kappa shape index (κ2) is 14.9. The van der Waals surface area contributed by atoms with E-state index in [0.29, 0.717) is 25.7 Å². The van der Waals surface area contributed by atoms with Gasteiger partial charge in [-0.3, -0.25) is 14.4 Å². The number of hydrogen-bond acceptors (Lipinski definition) is 5. The van der Waals surface area contributed by atoms with Gasteiger partial charge in [-0.2, -0.15) is 0 Å². The molecule has 0 aliphatic carbocycles. The van der Waals surface area contributed by atoms with Gasteiger partial charge in [-0.1, -0.05) is 71.4 Å². The second-order valence-corrected chi connectivity index (χ2v) is 9.33. The topological polar surface area (TPSA) is 140 Å². The second-order valence-electron chi connectivity index (χ2n) is 9.33. The summed E-state index contributed by atoms with van der Waals surface area (Å²) in [7, 11) is 0. The van der Waals surface area contributed by atoms with E-state index in [1.165, 1.54) is 0 Å². The smallest absolute Gasteiger partial charge is 0.408 e. The SMILES string of the molecule is CCC[C@H](NC(=O)[C@H](CC(C)C)NC(=O)[C@H](CC(C)C)NC(=O)OCc1ccccc1)C(N)=O. The summed E-state index contributed by atoms with van der Waals surface area (Å²) in [5, 5.41) is 8.01. The van der Waals surface area contributed by atoms with E-state index < -0.39 is 41.9 Å². The first-order chi connectivity index (χ1) is 16.0. The number of amides is 4. The Morgan fingerprint density at radius 1 is 0.824 bits per heavy atom. The summed E-state index contributed by atoms with van der Waals surface area (Å²) in [4.78, 5) is 50.0. The Morgan fingerprint density at radius 3 is 1.79 bits per heavy atom. The molecule has 9 nitrogen and oxygen atoms in total. The van der Waals surface area contributed by atoms with Gasteiger partial charge >= 0.3 is 6.09 Å². The van der Waals surface area contributed by atoms with Gasteiger partial charge in [0, 0.05) is 0 Å². The Balaban J connectivity index is 2.86. The summed E-state index contributed by atoms with van der Waals surface area (Å²) in [6, 6.07) is 6.66. The number of carbonyl (C=O) groups is 4. The molecule has 0 radical (unpaired) electrons. The van der Waals surface area contributed by atoms with Crippen molar-refractivity contribution in [3.05, 3.63) is 35.9 Å². The van der Waals surface area contributed by atoms with Crippen LogP contribution in [0.3, 0.4) is 0 Å². The van der Waals surface area contributed by atoms with Gasteiger partial charge in [-0.25, -0.2) is 4.79 Å². The molecule has 0 aliphatic heterocycles. The zero-order chi connectivity index (χ0) is 25.7. The first-order valence-electron chi connectivity index (χ1n) is 11.9. The van der Waals surface area contributed by atoms with E-state index in [-0.39, 0.29) is 18.4 Å². The van der Waals surface area contributed by atoms with Gasteiger partial charge in [0.25, 0.3) is 0 Å². The minimum atomic E-state index is -0.881. The maximum absolute atomic E-state index is 13.1. The van der Waals surface area contributed by atoms with Gasteiger partial charge < -0.3 is 26.4 Å². The number of rotatable bonds is 14. The number of carbonyl (C=O) groups excluding carboxylic acids is 4. The van der Waals surface area contributed by atoms with Crippen LogP contribution < -0.4 is 21.7 Å². The van der Waals surface area contributed by atoms with Crippen molar-refractivity contribution in [1.29, 1.82) is 0 Å². The van der Waals surface area contributed by atoms with Crippen molar-refractivity contribution in [1.82, 2.24) is 16.0 Å². The molecule has 34 heavy (non-hydrogen) atoms. The average molecular weight is 477 g/mol. The molecule has 0 heterocycles. The van der Waals surface area contributed by atoms with E-state index in [4.69, 9.17) is 10.5 Å². The van der Waals surface area contributed by atoms with E-state index in [9.17, 15) is 19.2 Å². The third-order valence-corrected chi connectivity index (χ3v) is 5.11. The number of hydrogen-bond donors (Lipinski definition) is 4. The molecular weight excluding hydrogens is 436 g/mol. The number of nitrogens with one attached hydrogen (secondary N) is 3. The van der Waals surface area contributed by atoms with Crippen LogP contribution in [0.4, 0.5) is 4.79 Å². The number of alkyl carbamates (subject to hydrolysis) is 1. The summed E-state index contributed by atoms with van der Waals surface area (Å²) in [6.07, 6.45) is 1.09. The molecule has 0 unspecified atom stereocenters. The number of benzene rings is 1. The van der Waals surface area contributed by atoms with Crippen molar-refractivity contribution in [2.24, 2.45) is 17.6 Å². The Bertz CT molecular complexity index is 798. The summed E-state index contributed by atoms with van der Waals surface area (Å²) >= 11 is 0. The van der Waals surface area contributed by atoms with Crippen molar-refractivity contribution in [3.63, 3.8) is 0 Å². The monoisotopic (exact) mass is 476 g/mol. The molecule has 0 aromatic heterocycles. The fraction of sp³-hybridized carbons (Fsp3) is 0.600. The highest BCUT2D eigenvalue weighted by molar-refractivity contribution is 5.93. The quantitative estimate of drug-likeness (QED) is 0.327. The van der Waals surface area contributed by atoms with Crippen LogP contribution in [-0.2, 0) is 25.7 Å².